The van der Waals surface area contributed by atoms with Crippen LogP contribution in [-0.2, 0) is 11.2 Å². The van der Waals surface area contributed by atoms with Crippen molar-refractivity contribution >= 4 is 28.5 Å². The van der Waals surface area contributed by atoms with Gasteiger partial charge in [0.05, 0.1) is 11.6 Å². The van der Waals surface area contributed by atoms with Crippen LogP contribution in [0.15, 0.2) is 35.1 Å². The van der Waals surface area contributed by atoms with Crippen LogP contribution in [0.4, 0.5) is 11.5 Å². The number of aromatic nitrogens is 3. The first-order valence-electron chi connectivity index (χ1n) is 9.93. The van der Waals surface area contributed by atoms with E-state index in [-0.39, 0.29) is 11.8 Å². The first-order valence-corrected chi connectivity index (χ1v) is 9.93. The van der Waals surface area contributed by atoms with Crippen LogP contribution in [0.1, 0.15) is 30.5 Å². The molecule has 1 fully saturated rings. The number of carbonyl (C=O) groups is 1. The molecule has 1 aromatic carbocycles. The van der Waals surface area contributed by atoms with Crippen LogP contribution < -0.4 is 9.80 Å². The summed E-state index contributed by atoms with van der Waals surface area (Å²) in [6, 6.07) is 8.27. The Bertz CT molecular complexity index is 1030. The molecule has 4 heterocycles. The Labute approximate surface area is 163 Å². The van der Waals surface area contributed by atoms with Crippen LogP contribution in [-0.4, -0.2) is 40.7 Å². The number of carbonyl (C=O) groups excluding carboxylic acids is 1. The van der Waals surface area contributed by atoms with E-state index in [1.54, 1.807) is 0 Å². The molecular formula is C21H23N5O2. The largest absolute Gasteiger partial charge is 0.355 e. The first-order chi connectivity index (χ1) is 13.7. The van der Waals surface area contributed by atoms with Crippen molar-refractivity contribution in [2.75, 3.05) is 29.4 Å². The zero-order valence-electron chi connectivity index (χ0n) is 16.0. The predicted octanol–water partition coefficient (Wildman–Crippen LogP) is 3.12. The Balaban J connectivity index is 1.42. The fraction of sp³-hybridized carbons (Fsp3) is 0.429. The maximum Gasteiger partial charge on any atom is 0.263 e. The number of benzene rings is 1. The van der Waals surface area contributed by atoms with E-state index >= 15 is 0 Å². The summed E-state index contributed by atoms with van der Waals surface area (Å²) in [5.74, 6) is 1.01. The van der Waals surface area contributed by atoms with Crippen molar-refractivity contribution in [3.63, 3.8) is 0 Å². The van der Waals surface area contributed by atoms with E-state index in [4.69, 9.17) is 4.52 Å². The molecule has 0 bridgehead atoms. The van der Waals surface area contributed by atoms with Crippen LogP contribution in [0.5, 0.6) is 0 Å². The molecule has 1 atom stereocenters. The number of hydrogen-bond acceptors (Lipinski definition) is 6. The molecule has 144 valence electrons. The summed E-state index contributed by atoms with van der Waals surface area (Å²) in [6.07, 6.45) is 5.44. The van der Waals surface area contributed by atoms with Crippen molar-refractivity contribution in [1.82, 2.24) is 15.1 Å². The molecule has 5 rings (SSSR count). The first kappa shape index (κ1) is 17.2. The lowest BCUT2D eigenvalue weighted by atomic mass is 9.94. The maximum atomic E-state index is 13.4. The normalized spacial score (nSPS) is 19.7. The number of piperidine rings is 1. The Morgan fingerprint density at radius 2 is 2.07 bits per heavy atom. The van der Waals surface area contributed by atoms with Gasteiger partial charge < -0.3 is 14.3 Å². The predicted molar refractivity (Wildman–Crippen MR) is 106 cm³/mol. The molecule has 0 saturated carbocycles. The molecule has 0 spiro atoms. The van der Waals surface area contributed by atoms with Crippen molar-refractivity contribution in [2.24, 2.45) is 5.92 Å². The Morgan fingerprint density at radius 3 is 3.00 bits per heavy atom. The summed E-state index contributed by atoms with van der Waals surface area (Å²) in [5, 5.41) is 4.87. The maximum absolute atomic E-state index is 13.4. The van der Waals surface area contributed by atoms with E-state index in [1.165, 1.54) is 11.9 Å². The fourth-order valence-corrected chi connectivity index (χ4v) is 4.50. The number of amides is 1. The van der Waals surface area contributed by atoms with Gasteiger partial charge in [0.15, 0.2) is 0 Å². The number of fused-ring (bicyclic) bond motifs is 2. The number of nitrogens with zero attached hydrogens (tertiary/aromatic N) is 5. The second kappa shape index (κ2) is 6.89. The van der Waals surface area contributed by atoms with Gasteiger partial charge in [0.2, 0.25) is 5.91 Å². The van der Waals surface area contributed by atoms with Crippen LogP contribution in [0, 0.1) is 12.8 Å². The van der Waals surface area contributed by atoms with Gasteiger partial charge in [0.1, 0.15) is 17.5 Å². The van der Waals surface area contributed by atoms with Gasteiger partial charge in [-0.1, -0.05) is 23.4 Å². The SMILES string of the molecule is Cc1noc2ncnc(N3CCC[C@H](C(=O)N4CCCc5ccccc54)C3)c12. The van der Waals surface area contributed by atoms with Gasteiger partial charge in [-0.15, -0.1) is 0 Å². The third kappa shape index (κ3) is 2.82. The van der Waals surface area contributed by atoms with E-state index in [0.717, 1.165) is 61.4 Å². The number of anilines is 2. The van der Waals surface area contributed by atoms with Crippen molar-refractivity contribution in [2.45, 2.75) is 32.6 Å². The van der Waals surface area contributed by atoms with E-state index in [9.17, 15) is 4.79 Å². The average Bonchev–Trinajstić information content (AvgIpc) is 3.14. The van der Waals surface area contributed by atoms with Crippen molar-refractivity contribution in [1.29, 1.82) is 0 Å². The standard InChI is InChI=1S/C21H23N5O2/c1-14-18-19(22-13-23-20(18)28-24-14)25-10-4-8-16(12-25)21(27)26-11-5-7-15-6-2-3-9-17(15)26/h2-3,6,9,13,16H,4-5,7-8,10-12H2,1H3/t16-/m0/s1. The second-order valence-electron chi connectivity index (χ2n) is 7.65. The lowest BCUT2D eigenvalue weighted by Gasteiger charge is -2.37. The van der Waals surface area contributed by atoms with E-state index in [0.29, 0.717) is 12.3 Å². The summed E-state index contributed by atoms with van der Waals surface area (Å²) in [6.45, 7) is 4.23. The zero-order chi connectivity index (χ0) is 19.1. The minimum absolute atomic E-state index is 0.0370. The van der Waals surface area contributed by atoms with E-state index in [2.05, 4.69) is 38.2 Å². The molecule has 1 saturated heterocycles. The Morgan fingerprint density at radius 1 is 1.18 bits per heavy atom. The van der Waals surface area contributed by atoms with Crippen molar-refractivity contribution < 1.29 is 9.32 Å². The Hall–Kier alpha value is -2.96. The van der Waals surface area contributed by atoms with Crippen LogP contribution in [0.2, 0.25) is 0 Å². The average molecular weight is 377 g/mol. The lowest BCUT2D eigenvalue weighted by molar-refractivity contribution is -0.122. The monoisotopic (exact) mass is 377 g/mol. The smallest absolute Gasteiger partial charge is 0.263 e. The molecule has 28 heavy (non-hydrogen) atoms. The molecule has 3 aromatic rings. The van der Waals surface area contributed by atoms with E-state index in [1.807, 2.05) is 17.9 Å². The second-order valence-corrected chi connectivity index (χ2v) is 7.65. The molecule has 7 nitrogen and oxygen atoms in total. The van der Waals surface area contributed by atoms with Gasteiger partial charge in [0.25, 0.3) is 5.71 Å². The van der Waals surface area contributed by atoms with Gasteiger partial charge in [-0.2, -0.15) is 4.98 Å². The summed E-state index contributed by atoms with van der Waals surface area (Å²) in [5.41, 5.74) is 3.63. The summed E-state index contributed by atoms with van der Waals surface area (Å²) >= 11 is 0. The lowest BCUT2D eigenvalue weighted by Crippen LogP contribution is -2.46. The molecule has 0 radical (unpaired) electrons. The number of hydrogen-bond donors (Lipinski definition) is 0. The number of para-hydroxylation sites is 1. The molecule has 7 heteroatoms. The highest BCUT2D eigenvalue weighted by atomic mass is 16.5. The van der Waals surface area contributed by atoms with Gasteiger partial charge in [0, 0.05) is 25.3 Å². The van der Waals surface area contributed by atoms with Crippen molar-refractivity contribution in [3.05, 3.63) is 41.9 Å². The topological polar surface area (TPSA) is 75.4 Å². The highest BCUT2D eigenvalue weighted by molar-refractivity contribution is 5.97. The summed E-state index contributed by atoms with van der Waals surface area (Å²) in [4.78, 5) is 26.3. The van der Waals surface area contributed by atoms with Gasteiger partial charge in [-0.3, -0.25) is 4.79 Å². The molecule has 1 amide bonds. The zero-order valence-corrected chi connectivity index (χ0v) is 16.0. The molecule has 0 N–H and O–H groups in total. The van der Waals surface area contributed by atoms with Crippen LogP contribution in [0.3, 0.4) is 0 Å². The third-order valence-electron chi connectivity index (χ3n) is 5.87. The summed E-state index contributed by atoms with van der Waals surface area (Å²) in [7, 11) is 0. The number of rotatable bonds is 2. The molecular weight excluding hydrogens is 354 g/mol. The van der Waals surface area contributed by atoms with Crippen LogP contribution in [0.25, 0.3) is 11.1 Å². The molecule has 0 aliphatic carbocycles. The quantitative estimate of drug-likeness (QED) is 0.683. The van der Waals surface area contributed by atoms with Crippen LogP contribution >= 0.6 is 0 Å². The summed E-state index contributed by atoms with van der Waals surface area (Å²) < 4.78 is 5.29. The minimum atomic E-state index is -0.0370. The highest BCUT2D eigenvalue weighted by Crippen LogP contribution is 2.32. The van der Waals surface area contributed by atoms with Gasteiger partial charge in [-0.25, -0.2) is 4.98 Å². The van der Waals surface area contributed by atoms with Gasteiger partial charge in [-0.05, 0) is 44.2 Å². The molecule has 0 unspecified atom stereocenters. The molecule has 2 aliphatic rings. The number of aryl methyl sites for hydroxylation is 2. The molecule has 2 aliphatic heterocycles. The van der Waals surface area contributed by atoms with Crippen molar-refractivity contribution in [3.8, 4) is 0 Å². The Kier molecular flexibility index (Phi) is 4.22. The van der Waals surface area contributed by atoms with E-state index < -0.39 is 0 Å². The molecule has 2 aromatic heterocycles. The fourth-order valence-electron chi connectivity index (χ4n) is 4.50. The van der Waals surface area contributed by atoms with Gasteiger partial charge >= 0.3 is 0 Å². The highest BCUT2D eigenvalue weighted by Gasteiger charge is 2.33. The minimum Gasteiger partial charge on any atom is -0.355 e. The third-order valence-corrected chi connectivity index (χ3v) is 5.87.